The fourth-order valence-electron chi connectivity index (χ4n) is 2.88. The molecule has 0 radical (unpaired) electrons. The molecule has 0 bridgehead atoms. The lowest BCUT2D eigenvalue weighted by Crippen LogP contribution is -1.88. The molecule has 0 amide bonds. The van der Waals surface area contributed by atoms with Crippen molar-refractivity contribution in [3.8, 4) is 22.5 Å². The van der Waals surface area contributed by atoms with Crippen molar-refractivity contribution in [3.63, 3.8) is 0 Å². The van der Waals surface area contributed by atoms with Crippen LogP contribution < -0.4 is 0 Å². The second-order valence-electron chi connectivity index (χ2n) is 5.37. The summed E-state index contributed by atoms with van der Waals surface area (Å²) in [4.78, 5) is 0. The first-order chi connectivity index (χ1) is 11.3. The van der Waals surface area contributed by atoms with Crippen LogP contribution in [-0.4, -0.2) is 0 Å². The third-order valence-electron chi connectivity index (χ3n) is 3.94. The van der Waals surface area contributed by atoms with E-state index in [1.54, 1.807) is 0 Å². The van der Waals surface area contributed by atoms with Gasteiger partial charge in [0.05, 0.1) is 0 Å². The standard InChI is InChI=1S/C21H14OS/c23-21-18-14-8-7-13-17(18)19(15-9-3-1-4-10-15)20(22-21)16-11-5-2-6-12-16/h1-14H. The topological polar surface area (TPSA) is 13.1 Å². The molecule has 0 aliphatic heterocycles. The number of hydrogen-bond donors (Lipinski definition) is 0. The molecule has 0 aliphatic rings. The van der Waals surface area contributed by atoms with E-state index in [2.05, 4.69) is 30.3 Å². The Bertz CT molecular complexity index is 1020. The zero-order chi connectivity index (χ0) is 15.6. The first-order valence-corrected chi connectivity index (χ1v) is 7.92. The molecule has 0 fully saturated rings. The van der Waals surface area contributed by atoms with Crippen LogP contribution in [0.3, 0.4) is 0 Å². The maximum atomic E-state index is 6.08. The SMILES string of the molecule is S=c1oc(-c2ccccc2)c(-c2ccccc2)c2ccccc12. The summed E-state index contributed by atoms with van der Waals surface area (Å²) >= 11 is 5.48. The lowest BCUT2D eigenvalue weighted by Gasteiger charge is -2.12. The number of hydrogen-bond acceptors (Lipinski definition) is 2. The van der Waals surface area contributed by atoms with E-state index in [0.717, 1.165) is 33.2 Å². The van der Waals surface area contributed by atoms with Gasteiger partial charge in [0.25, 0.3) is 0 Å². The van der Waals surface area contributed by atoms with Crippen LogP contribution in [0, 0.1) is 4.71 Å². The van der Waals surface area contributed by atoms with Crippen LogP contribution in [0.4, 0.5) is 0 Å². The van der Waals surface area contributed by atoms with Gasteiger partial charge in [0.2, 0.25) is 0 Å². The minimum absolute atomic E-state index is 0.527. The highest BCUT2D eigenvalue weighted by atomic mass is 32.1. The van der Waals surface area contributed by atoms with Gasteiger partial charge in [-0.25, -0.2) is 0 Å². The summed E-state index contributed by atoms with van der Waals surface area (Å²) in [5.41, 5.74) is 3.24. The molecule has 0 spiro atoms. The van der Waals surface area contributed by atoms with Crippen molar-refractivity contribution in [2.24, 2.45) is 0 Å². The Hall–Kier alpha value is -2.71. The summed E-state index contributed by atoms with van der Waals surface area (Å²) < 4.78 is 6.60. The molecular weight excluding hydrogens is 300 g/mol. The molecule has 0 N–H and O–H groups in total. The Labute approximate surface area is 139 Å². The van der Waals surface area contributed by atoms with Gasteiger partial charge in [-0.1, -0.05) is 78.9 Å². The Balaban J connectivity index is 2.16. The highest BCUT2D eigenvalue weighted by molar-refractivity contribution is 7.71. The Morgan fingerprint density at radius 1 is 0.565 bits per heavy atom. The second kappa shape index (κ2) is 5.82. The van der Waals surface area contributed by atoms with Gasteiger partial charge < -0.3 is 4.42 Å². The zero-order valence-electron chi connectivity index (χ0n) is 12.4. The third kappa shape index (κ3) is 2.47. The van der Waals surface area contributed by atoms with Crippen molar-refractivity contribution in [2.45, 2.75) is 0 Å². The molecule has 110 valence electrons. The maximum Gasteiger partial charge on any atom is 0.198 e. The minimum Gasteiger partial charge on any atom is -0.444 e. The van der Waals surface area contributed by atoms with Crippen molar-refractivity contribution >= 4 is 23.0 Å². The Morgan fingerprint density at radius 2 is 1.09 bits per heavy atom. The molecule has 1 nitrogen and oxygen atoms in total. The van der Waals surface area contributed by atoms with E-state index in [4.69, 9.17) is 16.6 Å². The number of benzene rings is 3. The number of fused-ring (bicyclic) bond motifs is 1. The normalized spacial score (nSPS) is 10.8. The molecule has 0 atom stereocenters. The van der Waals surface area contributed by atoms with E-state index < -0.39 is 0 Å². The van der Waals surface area contributed by atoms with Crippen molar-refractivity contribution in [3.05, 3.63) is 89.6 Å². The molecule has 0 aliphatic carbocycles. The van der Waals surface area contributed by atoms with Gasteiger partial charge in [0.15, 0.2) is 4.71 Å². The van der Waals surface area contributed by atoms with Crippen LogP contribution in [0.25, 0.3) is 33.2 Å². The van der Waals surface area contributed by atoms with Gasteiger partial charge in [-0.05, 0) is 29.2 Å². The largest absolute Gasteiger partial charge is 0.444 e. The predicted molar refractivity (Wildman–Crippen MR) is 97.9 cm³/mol. The van der Waals surface area contributed by atoms with Crippen LogP contribution in [0.15, 0.2) is 89.3 Å². The van der Waals surface area contributed by atoms with E-state index in [0.29, 0.717) is 4.71 Å². The number of rotatable bonds is 2. The molecule has 0 saturated carbocycles. The molecule has 4 aromatic rings. The van der Waals surface area contributed by atoms with Crippen molar-refractivity contribution in [1.29, 1.82) is 0 Å². The first-order valence-electron chi connectivity index (χ1n) is 7.51. The molecule has 4 rings (SSSR count). The van der Waals surface area contributed by atoms with Gasteiger partial charge in [-0.2, -0.15) is 0 Å². The van der Waals surface area contributed by atoms with Gasteiger partial charge in [-0.15, -0.1) is 0 Å². The highest BCUT2D eigenvalue weighted by Crippen LogP contribution is 2.38. The summed E-state index contributed by atoms with van der Waals surface area (Å²) in [7, 11) is 0. The maximum absolute atomic E-state index is 6.08. The lowest BCUT2D eigenvalue weighted by molar-refractivity contribution is 0.559. The molecule has 2 heteroatoms. The van der Waals surface area contributed by atoms with E-state index >= 15 is 0 Å². The summed E-state index contributed by atoms with van der Waals surface area (Å²) in [6.45, 7) is 0. The van der Waals surface area contributed by atoms with E-state index in [-0.39, 0.29) is 0 Å². The summed E-state index contributed by atoms with van der Waals surface area (Å²) in [6.07, 6.45) is 0. The van der Waals surface area contributed by atoms with Gasteiger partial charge in [0, 0.05) is 16.5 Å². The molecule has 0 unspecified atom stereocenters. The Morgan fingerprint density at radius 3 is 1.74 bits per heavy atom. The fourth-order valence-corrected chi connectivity index (χ4v) is 3.15. The molecule has 3 aromatic carbocycles. The molecule has 0 saturated heterocycles. The van der Waals surface area contributed by atoms with E-state index in [9.17, 15) is 0 Å². The van der Waals surface area contributed by atoms with Crippen LogP contribution in [-0.2, 0) is 0 Å². The van der Waals surface area contributed by atoms with Crippen LogP contribution >= 0.6 is 12.2 Å². The average molecular weight is 314 g/mol. The molecule has 23 heavy (non-hydrogen) atoms. The monoisotopic (exact) mass is 314 g/mol. The van der Waals surface area contributed by atoms with Crippen molar-refractivity contribution in [2.75, 3.05) is 0 Å². The highest BCUT2D eigenvalue weighted by Gasteiger charge is 2.15. The van der Waals surface area contributed by atoms with Gasteiger partial charge in [-0.3, -0.25) is 0 Å². The summed E-state index contributed by atoms with van der Waals surface area (Å²) in [5, 5.41) is 2.09. The first kappa shape index (κ1) is 13.9. The van der Waals surface area contributed by atoms with Crippen LogP contribution in [0.1, 0.15) is 0 Å². The van der Waals surface area contributed by atoms with Crippen molar-refractivity contribution < 1.29 is 4.42 Å². The Kier molecular flexibility index (Phi) is 3.52. The summed E-state index contributed by atoms with van der Waals surface area (Å²) in [5.74, 6) is 0.820. The van der Waals surface area contributed by atoms with Crippen LogP contribution in [0.2, 0.25) is 0 Å². The molecule has 1 heterocycles. The quantitative estimate of drug-likeness (QED) is 0.392. The zero-order valence-corrected chi connectivity index (χ0v) is 13.2. The predicted octanol–water partition coefficient (Wildman–Crippen LogP) is 6.50. The van der Waals surface area contributed by atoms with E-state index in [1.807, 2.05) is 54.6 Å². The van der Waals surface area contributed by atoms with E-state index in [1.165, 1.54) is 0 Å². The smallest absolute Gasteiger partial charge is 0.198 e. The van der Waals surface area contributed by atoms with Gasteiger partial charge >= 0.3 is 0 Å². The van der Waals surface area contributed by atoms with Crippen LogP contribution in [0.5, 0.6) is 0 Å². The molecular formula is C21H14OS. The van der Waals surface area contributed by atoms with Crippen molar-refractivity contribution in [1.82, 2.24) is 0 Å². The minimum atomic E-state index is 0.527. The third-order valence-corrected chi connectivity index (χ3v) is 4.24. The van der Waals surface area contributed by atoms with Gasteiger partial charge in [0.1, 0.15) is 5.76 Å². The lowest BCUT2D eigenvalue weighted by atomic mass is 9.95. The fraction of sp³-hybridized carbons (Fsp3) is 0. The summed E-state index contributed by atoms with van der Waals surface area (Å²) in [6, 6.07) is 28.6. The average Bonchev–Trinajstić information content (AvgIpc) is 2.63. The molecule has 1 aromatic heterocycles. The second-order valence-corrected chi connectivity index (χ2v) is 5.74.